The number of benzene rings is 2. The highest BCUT2D eigenvalue weighted by atomic mass is 32.1. The summed E-state index contributed by atoms with van der Waals surface area (Å²) in [5, 5.41) is 11.2. The molecule has 21 heavy (non-hydrogen) atoms. The van der Waals surface area contributed by atoms with Gasteiger partial charge in [0.15, 0.2) is 0 Å². The third-order valence-electron chi connectivity index (χ3n) is 3.49. The number of hydrogen-bond acceptors (Lipinski definition) is 3. The van der Waals surface area contributed by atoms with Crippen LogP contribution in [0.4, 0.5) is 0 Å². The maximum atomic E-state index is 10.5. The number of hydrogen-bond donors (Lipinski definition) is 1. The predicted octanol–water partition coefficient (Wildman–Crippen LogP) is 4.51. The second kappa shape index (κ2) is 5.80. The van der Waals surface area contributed by atoms with Crippen LogP contribution in [0.15, 0.2) is 54.6 Å². The Balaban J connectivity index is 1.96. The summed E-state index contributed by atoms with van der Waals surface area (Å²) in [5.74, 6) is 0. The first-order chi connectivity index (χ1) is 10.1. The maximum Gasteiger partial charge on any atom is 0.131 e. The Bertz CT molecular complexity index is 732. The average Bonchev–Trinajstić information content (AvgIpc) is 2.90. The number of thiazole rings is 1. The number of aryl methyl sites for hydroxylation is 2. The van der Waals surface area contributed by atoms with Crippen molar-refractivity contribution in [2.24, 2.45) is 0 Å². The van der Waals surface area contributed by atoms with Gasteiger partial charge in [0.2, 0.25) is 0 Å². The molecular weight excluding hydrogens is 278 g/mol. The minimum absolute atomic E-state index is 0.658. The molecule has 3 aromatic rings. The Hall–Kier alpha value is -1.97. The highest BCUT2D eigenvalue weighted by molar-refractivity contribution is 7.12. The van der Waals surface area contributed by atoms with Crippen molar-refractivity contribution in [2.75, 3.05) is 0 Å². The van der Waals surface area contributed by atoms with Gasteiger partial charge in [-0.15, -0.1) is 11.3 Å². The van der Waals surface area contributed by atoms with Crippen LogP contribution in [0.25, 0.3) is 11.3 Å². The average molecular weight is 295 g/mol. The van der Waals surface area contributed by atoms with Gasteiger partial charge >= 0.3 is 0 Å². The largest absolute Gasteiger partial charge is 0.381 e. The number of aliphatic hydroxyl groups is 1. The molecule has 1 heterocycles. The fourth-order valence-corrected chi connectivity index (χ4v) is 3.25. The zero-order valence-electron chi connectivity index (χ0n) is 12.1. The lowest BCUT2D eigenvalue weighted by Gasteiger charge is -2.06. The van der Waals surface area contributed by atoms with Gasteiger partial charge in [-0.25, -0.2) is 4.98 Å². The first kappa shape index (κ1) is 14.0. The van der Waals surface area contributed by atoms with E-state index < -0.39 is 6.10 Å². The van der Waals surface area contributed by atoms with Crippen LogP contribution in [-0.2, 0) is 0 Å². The monoisotopic (exact) mass is 295 g/mol. The summed E-state index contributed by atoms with van der Waals surface area (Å²) >= 11 is 1.56. The van der Waals surface area contributed by atoms with E-state index in [0.29, 0.717) is 0 Å². The Labute approximate surface area is 128 Å². The van der Waals surface area contributed by atoms with Crippen molar-refractivity contribution < 1.29 is 5.11 Å². The van der Waals surface area contributed by atoms with Crippen LogP contribution in [0.1, 0.15) is 27.1 Å². The first-order valence-corrected chi connectivity index (χ1v) is 7.74. The van der Waals surface area contributed by atoms with E-state index in [-0.39, 0.29) is 0 Å². The van der Waals surface area contributed by atoms with Crippen LogP contribution in [0.5, 0.6) is 0 Å². The van der Waals surface area contributed by atoms with Crippen LogP contribution in [0.3, 0.4) is 0 Å². The van der Waals surface area contributed by atoms with E-state index in [9.17, 15) is 5.11 Å². The van der Waals surface area contributed by atoms with Gasteiger partial charge in [-0.3, -0.25) is 0 Å². The summed E-state index contributed by atoms with van der Waals surface area (Å²) in [6.07, 6.45) is -0.658. The van der Waals surface area contributed by atoms with E-state index in [0.717, 1.165) is 26.7 Å². The number of nitrogens with zero attached hydrogens (tertiary/aromatic N) is 1. The zero-order valence-corrected chi connectivity index (χ0v) is 12.9. The Morgan fingerprint density at radius 3 is 2.29 bits per heavy atom. The SMILES string of the molecule is Cc1ccc(-c2nc(C(O)c3ccccc3)sc2C)cc1. The lowest BCUT2D eigenvalue weighted by atomic mass is 10.1. The van der Waals surface area contributed by atoms with Crippen molar-refractivity contribution >= 4 is 11.3 Å². The highest BCUT2D eigenvalue weighted by Crippen LogP contribution is 2.33. The summed E-state index contributed by atoms with van der Waals surface area (Å²) in [5.41, 5.74) is 4.17. The minimum Gasteiger partial charge on any atom is -0.381 e. The molecule has 3 rings (SSSR count). The minimum atomic E-state index is -0.658. The van der Waals surface area contributed by atoms with Gasteiger partial charge < -0.3 is 5.11 Å². The second-order valence-corrected chi connectivity index (χ2v) is 6.37. The Morgan fingerprint density at radius 1 is 0.952 bits per heavy atom. The highest BCUT2D eigenvalue weighted by Gasteiger charge is 2.17. The van der Waals surface area contributed by atoms with E-state index in [4.69, 9.17) is 0 Å². The number of rotatable bonds is 3. The standard InChI is InChI=1S/C18H17NOS/c1-12-8-10-14(11-9-12)16-13(2)21-18(19-16)17(20)15-6-4-3-5-7-15/h3-11,17,20H,1-2H3. The van der Waals surface area contributed by atoms with Crippen LogP contribution >= 0.6 is 11.3 Å². The molecular formula is C18H17NOS. The van der Waals surface area contributed by atoms with E-state index in [2.05, 4.69) is 36.2 Å². The summed E-state index contributed by atoms with van der Waals surface area (Å²) in [6, 6.07) is 18.0. The van der Waals surface area contributed by atoms with Gasteiger partial charge in [-0.05, 0) is 19.4 Å². The molecule has 0 saturated heterocycles. The molecule has 0 spiro atoms. The summed E-state index contributed by atoms with van der Waals surface area (Å²) < 4.78 is 0. The second-order valence-electron chi connectivity index (χ2n) is 5.14. The summed E-state index contributed by atoms with van der Waals surface area (Å²) in [7, 11) is 0. The predicted molar refractivity (Wildman–Crippen MR) is 87.5 cm³/mol. The van der Waals surface area contributed by atoms with E-state index >= 15 is 0 Å². The molecule has 2 aromatic carbocycles. The third-order valence-corrected chi connectivity index (χ3v) is 4.51. The molecule has 3 heteroatoms. The number of aromatic nitrogens is 1. The molecule has 1 N–H and O–H groups in total. The van der Waals surface area contributed by atoms with Crippen molar-refractivity contribution in [3.05, 3.63) is 75.6 Å². The van der Waals surface area contributed by atoms with Crippen molar-refractivity contribution in [3.8, 4) is 11.3 Å². The van der Waals surface area contributed by atoms with Crippen molar-refractivity contribution in [1.82, 2.24) is 4.98 Å². The van der Waals surface area contributed by atoms with E-state index in [1.807, 2.05) is 37.3 Å². The van der Waals surface area contributed by atoms with Crippen LogP contribution in [0.2, 0.25) is 0 Å². The van der Waals surface area contributed by atoms with Crippen molar-refractivity contribution in [3.63, 3.8) is 0 Å². The lowest BCUT2D eigenvalue weighted by Crippen LogP contribution is -1.98. The first-order valence-electron chi connectivity index (χ1n) is 6.92. The van der Waals surface area contributed by atoms with Crippen molar-refractivity contribution in [1.29, 1.82) is 0 Å². The molecule has 0 aliphatic rings. The molecule has 1 unspecified atom stereocenters. The smallest absolute Gasteiger partial charge is 0.131 e. The molecule has 0 aliphatic heterocycles. The Morgan fingerprint density at radius 2 is 1.62 bits per heavy atom. The van der Waals surface area contributed by atoms with E-state index in [1.54, 1.807) is 11.3 Å². The maximum absolute atomic E-state index is 10.5. The molecule has 0 bridgehead atoms. The zero-order chi connectivity index (χ0) is 14.8. The normalized spacial score (nSPS) is 12.3. The molecule has 0 fully saturated rings. The van der Waals surface area contributed by atoms with Gasteiger partial charge in [-0.2, -0.15) is 0 Å². The van der Waals surface area contributed by atoms with Gasteiger partial charge in [0.05, 0.1) is 5.69 Å². The Kier molecular flexibility index (Phi) is 3.86. The fraction of sp³-hybridized carbons (Fsp3) is 0.167. The molecule has 1 atom stereocenters. The van der Waals surface area contributed by atoms with Gasteiger partial charge in [0.1, 0.15) is 11.1 Å². The van der Waals surface area contributed by atoms with Crippen molar-refractivity contribution in [2.45, 2.75) is 20.0 Å². The van der Waals surface area contributed by atoms with Crippen LogP contribution in [0, 0.1) is 13.8 Å². The molecule has 0 saturated carbocycles. The lowest BCUT2D eigenvalue weighted by molar-refractivity contribution is 0.220. The molecule has 0 aliphatic carbocycles. The fourth-order valence-electron chi connectivity index (χ4n) is 2.29. The van der Waals surface area contributed by atoms with Crippen LogP contribution < -0.4 is 0 Å². The number of aliphatic hydroxyl groups excluding tert-OH is 1. The summed E-state index contributed by atoms with van der Waals surface area (Å²) in [6.45, 7) is 4.12. The van der Waals surface area contributed by atoms with Gasteiger partial charge in [0.25, 0.3) is 0 Å². The van der Waals surface area contributed by atoms with E-state index in [1.165, 1.54) is 5.56 Å². The van der Waals surface area contributed by atoms with Gasteiger partial charge in [0, 0.05) is 10.4 Å². The van der Waals surface area contributed by atoms with Crippen LogP contribution in [-0.4, -0.2) is 10.1 Å². The quantitative estimate of drug-likeness (QED) is 0.771. The molecule has 106 valence electrons. The topological polar surface area (TPSA) is 33.1 Å². The molecule has 2 nitrogen and oxygen atoms in total. The van der Waals surface area contributed by atoms with Gasteiger partial charge in [-0.1, -0.05) is 60.2 Å². The molecule has 0 amide bonds. The third kappa shape index (κ3) is 2.89. The summed E-state index contributed by atoms with van der Waals surface area (Å²) in [4.78, 5) is 5.78. The molecule has 1 aromatic heterocycles. The molecule has 0 radical (unpaired) electrons.